The van der Waals surface area contributed by atoms with Crippen LogP contribution in [0.4, 0.5) is 4.39 Å². The zero-order chi connectivity index (χ0) is 18.9. The Labute approximate surface area is 151 Å². The Morgan fingerprint density at radius 2 is 1.69 bits per heavy atom. The van der Waals surface area contributed by atoms with Crippen LogP contribution in [0.5, 0.6) is 0 Å². The molecule has 0 spiro atoms. The predicted octanol–water partition coefficient (Wildman–Crippen LogP) is 2.89. The summed E-state index contributed by atoms with van der Waals surface area (Å²) >= 11 is 0. The third-order valence-corrected chi connectivity index (χ3v) is 3.82. The molecule has 0 radical (unpaired) electrons. The van der Waals surface area contributed by atoms with Crippen LogP contribution in [0.3, 0.4) is 0 Å². The van der Waals surface area contributed by atoms with Gasteiger partial charge in [-0.25, -0.2) is 4.39 Å². The number of esters is 1. The van der Waals surface area contributed by atoms with E-state index in [1.807, 2.05) is 18.2 Å². The van der Waals surface area contributed by atoms with Gasteiger partial charge in [-0.2, -0.15) is 0 Å². The summed E-state index contributed by atoms with van der Waals surface area (Å²) < 4.78 is 18.1. The molecular formula is C20H20FNO4. The molecule has 1 unspecified atom stereocenters. The molecule has 0 aliphatic heterocycles. The Morgan fingerprint density at radius 3 is 2.31 bits per heavy atom. The van der Waals surface area contributed by atoms with Crippen molar-refractivity contribution in [2.24, 2.45) is 5.92 Å². The molecule has 5 nitrogen and oxygen atoms in total. The van der Waals surface area contributed by atoms with Gasteiger partial charge in [0.1, 0.15) is 24.1 Å². The summed E-state index contributed by atoms with van der Waals surface area (Å²) in [6.45, 7) is 1.52. The molecule has 0 bridgehead atoms. The molecule has 0 aliphatic carbocycles. The molecule has 2 aromatic rings. The molecule has 0 heterocycles. The number of ether oxygens (including phenoxy) is 1. The molecule has 1 atom stereocenters. The number of nitrogens with one attached hydrogen (secondary N) is 1. The molecule has 2 rings (SSSR count). The fraction of sp³-hybridized carbons (Fsp3) is 0.250. The zero-order valence-electron chi connectivity index (χ0n) is 14.4. The maximum absolute atomic E-state index is 12.9. The number of amides is 1. The molecule has 136 valence electrons. The highest BCUT2D eigenvalue weighted by atomic mass is 19.1. The largest absolute Gasteiger partial charge is 0.460 e. The lowest BCUT2D eigenvalue weighted by atomic mass is 10.0. The van der Waals surface area contributed by atoms with Gasteiger partial charge in [0.05, 0.1) is 0 Å². The van der Waals surface area contributed by atoms with Crippen molar-refractivity contribution < 1.29 is 23.5 Å². The Bertz CT molecular complexity index is 759. The van der Waals surface area contributed by atoms with Crippen molar-refractivity contribution in [1.29, 1.82) is 0 Å². The van der Waals surface area contributed by atoms with Crippen molar-refractivity contribution in [3.8, 4) is 0 Å². The van der Waals surface area contributed by atoms with E-state index in [1.165, 1.54) is 12.1 Å². The van der Waals surface area contributed by atoms with Gasteiger partial charge in [0, 0.05) is 18.5 Å². The maximum atomic E-state index is 12.9. The molecular weight excluding hydrogens is 337 g/mol. The van der Waals surface area contributed by atoms with Crippen molar-refractivity contribution in [2.75, 3.05) is 6.54 Å². The van der Waals surface area contributed by atoms with E-state index < -0.39 is 23.6 Å². The molecule has 0 aromatic heterocycles. The van der Waals surface area contributed by atoms with Crippen molar-refractivity contribution in [3.63, 3.8) is 0 Å². The average Bonchev–Trinajstić information content (AvgIpc) is 2.67. The number of benzene rings is 2. The number of halogens is 1. The second kappa shape index (κ2) is 9.46. The number of carbonyl (C=O) groups is 3. The van der Waals surface area contributed by atoms with Crippen LogP contribution < -0.4 is 5.32 Å². The molecule has 6 heteroatoms. The summed E-state index contributed by atoms with van der Waals surface area (Å²) in [6, 6.07) is 14.1. The van der Waals surface area contributed by atoms with Crippen molar-refractivity contribution in [2.45, 2.75) is 20.0 Å². The normalized spacial score (nSPS) is 11.5. The Kier molecular flexibility index (Phi) is 7.02. The van der Waals surface area contributed by atoms with Crippen LogP contribution in [0.15, 0.2) is 54.6 Å². The van der Waals surface area contributed by atoms with Crippen LogP contribution in [0.25, 0.3) is 0 Å². The van der Waals surface area contributed by atoms with Crippen LogP contribution in [0, 0.1) is 11.7 Å². The summed E-state index contributed by atoms with van der Waals surface area (Å²) in [4.78, 5) is 36.4. The maximum Gasteiger partial charge on any atom is 0.318 e. The third kappa shape index (κ3) is 5.51. The standard InChI is InChI=1S/C20H20FNO4/c1-2-18(23)17(20(25)26-13-14-6-4-3-5-7-14)12-22-19(24)15-8-10-16(21)11-9-15/h3-11,17H,2,12-13H2,1H3,(H,22,24). The van der Waals surface area contributed by atoms with E-state index >= 15 is 0 Å². The van der Waals surface area contributed by atoms with E-state index in [2.05, 4.69) is 5.32 Å². The van der Waals surface area contributed by atoms with Crippen LogP contribution in [-0.4, -0.2) is 24.2 Å². The first kappa shape index (κ1) is 19.3. The van der Waals surface area contributed by atoms with Gasteiger partial charge in [0.2, 0.25) is 0 Å². The van der Waals surface area contributed by atoms with Gasteiger partial charge >= 0.3 is 5.97 Å². The third-order valence-electron chi connectivity index (χ3n) is 3.82. The van der Waals surface area contributed by atoms with Crippen molar-refractivity contribution in [3.05, 3.63) is 71.5 Å². The van der Waals surface area contributed by atoms with Gasteiger partial charge in [-0.3, -0.25) is 14.4 Å². The van der Waals surface area contributed by atoms with Crippen molar-refractivity contribution >= 4 is 17.7 Å². The number of rotatable bonds is 8. The average molecular weight is 357 g/mol. The highest BCUT2D eigenvalue weighted by Crippen LogP contribution is 2.09. The Morgan fingerprint density at radius 1 is 1.04 bits per heavy atom. The van der Waals surface area contributed by atoms with E-state index in [1.54, 1.807) is 19.1 Å². The minimum atomic E-state index is -1.08. The summed E-state index contributed by atoms with van der Waals surface area (Å²) in [5.41, 5.74) is 1.05. The number of Topliss-reactive ketones (excluding diaryl/α,β-unsaturated/α-hetero) is 1. The van der Waals surface area contributed by atoms with Gasteiger partial charge < -0.3 is 10.1 Å². The quantitative estimate of drug-likeness (QED) is 0.582. The van der Waals surface area contributed by atoms with E-state index in [0.29, 0.717) is 0 Å². The molecule has 26 heavy (non-hydrogen) atoms. The van der Waals surface area contributed by atoms with Gasteiger partial charge in [-0.1, -0.05) is 37.3 Å². The molecule has 0 fully saturated rings. The first-order valence-corrected chi connectivity index (χ1v) is 8.28. The fourth-order valence-corrected chi connectivity index (χ4v) is 2.30. The lowest BCUT2D eigenvalue weighted by Gasteiger charge is -2.15. The molecule has 0 saturated heterocycles. The molecule has 2 aromatic carbocycles. The SMILES string of the molecule is CCC(=O)C(CNC(=O)c1ccc(F)cc1)C(=O)OCc1ccccc1. The monoisotopic (exact) mass is 357 g/mol. The van der Waals surface area contributed by atoms with Crippen LogP contribution >= 0.6 is 0 Å². The topological polar surface area (TPSA) is 72.5 Å². The smallest absolute Gasteiger partial charge is 0.318 e. The lowest BCUT2D eigenvalue weighted by molar-refractivity contribution is -0.152. The Balaban J connectivity index is 1.95. The summed E-state index contributed by atoms with van der Waals surface area (Å²) in [6.07, 6.45) is 0.150. The van der Waals surface area contributed by atoms with Gasteiger partial charge in [-0.15, -0.1) is 0 Å². The summed E-state index contributed by atoms with van der Waals surface area (Å²) in [7, 11) is 0. The van der Waals surface area contributed by atoms with E-state index in [9.17, 15) is 18.8 Å². The number of hydrogen-bond acceptors (Lipinski definition) is 4. The number of carbonyl (C=O) groups excluding carboxylic acids is 3. The number of ketones is 1. The summed E-state index contributed by atoms with van der Waals surface area (Å²) in [5.74, 6) is -3.02. The first-order chi connectivity index (χ1) is 12.5. The fourth-order valence-electron chi connectivity index (χ4n) is 2.30. The van der Waals surface area contributed by atoms with Gasteiger partial charge in [-0.05, 0) is 29.8 Å². The second-order valence-corrected chi connectivity index (χ2v) is 5.68. The highest BCUT2D eigenvalue weighted by Gasteiger charge is 2.27. The first-order valence-electron chi connectivity index (χ1n) is 8.28. The Hall–Kier alpha value is -3.02. The minimum absolute atomic E-state index is 0.0546. The van der Waals surface area contributed by atoms with Crippen molar-refractivity contribution in [1.82, 2.24) is 5.32 Å². The second-order valence-electron chi connectivity index (χ2n) is 5.68. The lowest BCUT2D eigenvalue weighted by Crippen LogP contribution is -2.38. The molecule has 0 saturated carbocycles. The van der Waals surface area contributed by atoms with E-state index in [-0.39, 0.29) is 30.9 Å². The van der Waals surface area contributed by atoms with Gasteiger partial charge in [0.15, 0.2) is 0 Å². The van der Waals surface area contributed by atoms with E-state index in [0.717, 1.165) is 17.7 Å². The molecule has 1 amide bonds. The number of hydrogen-bond donors (Lipinski definition) is 1. The molecule has 0 aliphatic rings. The van der Waals surface area contributed by atoms with Crippen LogP contribution in [0.2, 0.25) is 0 Å². The minimum Gasteiger partial charge on any atom is -0.460 e. The predicted molar refractivity (Wildman–Crippen MR) is 93.8 cm³/mol. The zero-order valence-corrected chi connectivity index (χ0v) is 14.4. The van der Waals surface area contributed by atoms with Crippen LogP contribution in [0.1, 0.15) is 29.3 Å². The summed E-state index contributed by atoms with van der Waals surface area (Å²) in [5, 5.41) is 2.53. The highest BCUT2D eigenvalue weighted by molar-refractivity contribution is 6.00. The van der Waals surface area contributed by atoms with E-state index in [4.69, 9.17) is 4.74 Å². The van der Waals surface area contributed by atoms with Gasteiger partial charge in [0.25, 0.3) is 5.91 Å². The van der Waals surface area contributed by atoms with Crippen LogP contribution in [-0.2, 0) is 20.9 Å². The molecule has 1 N–H and O–H groups in total.